The molecular weight excluding hydrogens is 296 g/mol. The van der Waals surface area contributed by atoms with Gasteiger partial charge in [0.1, 0.15) is 0 Å². The molecule has 114 valence electrons. The van der Waals surface area contributed by atoms with Gasteiger partial charge in [-0.2, -0.15) is 0 Å². The molecule has 0 aliphatic heterocycles. The van der Waals surface area contributed by atoms with Gasteiger partial charge in [0.05, 0.1) is 5.01 Å². The number of rotatable bonds is 8. The smallest absolute Gasteiger partial charge is 0.0943 e. The van der Waals surface area contributed by atoms with E-state index in [1.165, 1.54) is 21.9 Å². The van der Waals surface area contributed by atoms with Gasteiger partial charge in [-0.05, 0) is 38.9 Å². The van der Waals surface area contributed by atoms with Crippen LogP contribution in [-0.2, 0) is 6.42 Å². The summed E-state index contributed by atoms with van der Waals surface area (Å²) in [4.78, 5) is 5.95. The number of thioether (sulfide) groups is 1. The maximum Gasteiger partial charge on any atom is 0.0943 e. The summed E-state index contributed by atoms with van der Waals surface area (Å²) in [6.45, 7) is 7.50. The highest BCUT2D eigenvalue weighted by Crippen LogP contribution is 2.21. The largest absolute Gasteiger partial charge is 0.313 e. The molecule has 1 heterocycles. The second kappa shape index (κ2) is 8.57. The quantitative estimate of drug-likeness (QED) is 0.727. The SMILES string of the molecule is CCCNC(CSc1cccc(C)c1)Cc1nc(C)cs1. The van der Waals surface area contributed by atoms with Gasteiger partial charge in [0.25, 0.3) is 0 Å². The molecule has 1 aromatic carbocycles. The van der Waals surface area contributed by atoms with Crippen molar-refractivity contribution in [1.82, 2.24) is 10.3 Å². The Bertz CT molecular complexity index is 551. The summed E-state index contributed by atoms with van der Waals surface area (Å²) in [6, 6.07) is 9.23. The standard InChI is InChI=1S/C17H24N2S2/c1-4-8-18-15(10-17-19-14(3)11-21-17)12-20-16-7-5-6-13(2)9-16/h5-7,9,11,15,18H,4,8,10,12H2,1-3H3. The van der Waals surface area contributed by atoms with E-state index in [1.807, 2.05) is 11.8 Å². The molecule has 2 aromatic rings. The lowest BCUT2D eigenvalue weighted by molar-refractivity contribution is 0.549. The van der Waals surface area contributed by atoms with E-state index in [-0.39, 0.29) is 0 Å². The Morgan fingerprint density at radius 3 is 2.86 bits per heavy atom. The number of thiazole rings is 1. The van der Waals surface area contributed by atoms with Crippen molar-refractivity contribution < 1.29 is 0 Å². The van der Waals surface area contributed by atoms with Gasteiger partial charge in [0, 0.05) is 34.2 Å². The van der Waals surface area contributed by atoms with Crippen molar-refractivity contribution in [2.24, 2.45) is 0 Å². The number of aryl methyl sites for hydroxylation is 2. The number of nitrogens with one attached hydrogen (secondary N) is 1. The van der Waals surface area contributed by atoms with Crippen molar-refractivity contribution >= 4 is 23.1 Å². The van der Waals surface area contributed by atoms with E-state index in [4.69, 9.17) is 0 Å². The molecule has 4 heteroatoms. The molecule has 2 nitrogen and oxygen atoms in total. The zero-order valence-electron chi connectivity index (χ0n) is 13.1. The van der Waals surface area contributed by atoms with E-state index in [2.05, 4.69) is 60.7 Å². The first-order chi connectivity index (χ1) is 10.2. The van der Waals surface area contributed by atoms with Gasteiger partial charge in [-0.15, -0.1) is 23.1 Å². The fourth-order valence-electron chi connectivity index (χ4n) is 2.15. The van der Waals surface area contributed by atoms with Crippen molar-refractivity contribution in [2.75, 3.05) is 12.3 Å². The lowest BCUT2D eigenvalue weighted by Gasteiger charge is -2.17. The summed E-state index contributed by atoms with van der Waals surface area (Å²) < 4.78 is 0. The van der Waals surface area contributed by atoms with E-state index < -0.39 is 0 Å². The second-order valence-corrected chi connectivity index (χ2v) is 7.40. The number of aromatic nitrogens is 1. The summed E-state index contributed by atoms with van der Waals surface area (Å²) in [5.74, 6) is 1.09. The molecule has 0 fully saturated rings. The zero-order chi connectivity index (χ0) is 15.1. The lowest BCUT2D eigenvalue weighted by atomic mass is 10.2. The monoisotopic (exact) mass is 320 g/mol. The highest BCUT2D eigenvalue weighted by molar-refractivity contribution is 7.99. The van der Waals surface area contributed by atoms with E-state index >= 15 is 0 Å². The van der Waals surface area contributed by atoms with Crippen LogP contribution in [0.3, 0.4) is 0 Å². The summed E-state index contributed by atoms with van der Waals surface area (Å²) in [7, 11) is 0. The van der Waals surface area contributed by atoms with Crippen LogP contribution in [0.2, 0.25) is 0 Å². The molecule has 1 N–H and O–H groups in total. The molecule has 1 unspecified atom stereocenters. The molecule has 1 aromatic heterocycles. The number of nitrogens with zero attached hydrogens (tertiary/aromatic N) is 1. The molecule has 21 heavy (non-hydrogen) atoms. The zero-order valence-corrected chi connectivity index (χ0v) is 14.7. The van der Waals surface area contributed by atoms with Gasteiger partial charge in [-0.3, -0.25) is 0 Å². The normalized spacial score (nSPS) is 12.5. The van der Waals surface area contributed by atoms with Gasteiger partial charge in [0.2, 0.25) is 0 Å². The minimum absolute atomic E-state index is 0.487. The van der Waals surface area contributed by atoms with Crippen molar-refractivity contribution in [3.05, 3.63) is 45.9 Å². The van der Waals surface area contributed by atoms with Crippen LogP contribution >= 0.6 is 23.1 Å². The maximum atomic E-state index is 4.60. The Morgan fingerprint density at radius 1 is 1.33 bits per heavy atom. The summed E-state index contributed by atoms with van der Waals surface area (Å²) in [5.41, 5.74) is 2.46. The molecule has 0 saturated carbocycles. The van der Waals surface area contributed by atoms with Crippen LogP contribution in [-0.4, -0.2) is 23.3 Å². The Balaban J connectivity index is 1.92. The van der Waals surface area contributed by atoms with Crippen LogP contribution in [0.25, 0.3) is 0 Å². The fourth-order valence-corrected chi connectivity index (χ4v) is 4.07. The van der Waals surface area contributed by atoms with E-state index in [9.17, 15) is 0 Å². The van der Waals surface area contributed by atoms with Crippen molar-refractivity contribution in [1.29, 1.82) is 0 Å². The van der Waals surface area contributed by atoms with Gasteiger partial charge < -0.3 is 5.32 Å². The number of hydrogen-bond acceptors (Lipinski definition) is 4. The van der Waals surface area contributed by atoms with Crippen LogP contribution in [0.15, 0.2) is 34.5 Å². The third-order valence-corrected chi connectivity index (χ3v) is 5.36. The number of hydrogen-bond donors (Lipinski definition) is 1. The molecule has 2 rings (SSSR count). The molecule has 0 aliphatic carbocycles. The average Bonchev–Trinajstić information content (AvgIpc) is 2.87. The lowest BCUT2D eigenvalue weighted by Crippen LogP contribution is -2.34. The Kier molecular flexibility index (Phi) is 6.74. The van der Waals surface area contributed by atoms with Crippen molar-refractivity contribution in [3.63, 3.8) is 0 Å². The first-order valence-corrected chi connectivity index (χ1v) is 9.37. The minimum atomic E-state index is 0.487. The summed E-state index contributed by atoms with van der Waals surface area (Å²) in [5, 5.41) is 7.04. The third kappa shape index (κ3) is 5.81. The molecule has 0 radical (unpaired) electrons. The van der Waals surface area contributed by atoms with Crippen LogP contribution in [0.1, 0.15) is 29.6 Å². The van der Waals surface area contributed by atoms with Crippen LogP contribution in [0, 0.1) is 13.8 Å². The van der Waals surface area contributed by atoms with Gasteiger partial charge in [-0.25, -0.2) is 4.98 Å². The molecule has 0 saturated heterocycles. The van der Waals surface area contributed by atoms with Gasteiger partial charge in [0.15, 0.2) is 0 Å². The first kappa shape index (κ1) is 16.5. The second-order valence-electron chi connectivity index (χ2n) is 5.37. The minimum Gasteiger partial charge on any atom is -0.313 e. The maximum absolute atomic E-state index is 4.60. The van der Waals surface area contributed by atoms with Crippen molar-refractivity contribution in [2.45, 2.75) is 44.6 Å². The fraction of sp³-hybridized carbons (Fsp3) is 0.471. The van der Waals surface area contributed by atoms with Crippen LogP contribution in [0.5, 0.6) is 0 Å². The Labute approximate surface area is 136 Å². The van der Waals surface area contributed by atoms with E-state index in [1.54, 1.807) is 11.3 Å². The summed E-state index contributed by atoms with van der Waals surface area (Å²) in [6.07, 6.45) is 2.19. The van der Waals surface area contributed by atoms with Crippen LogP contribution < -0.4 is 5.32 Å². The molecular formula is C17H24N2S2. The molecule has 0 amide bonds. The Morgan fingerprint density at radius 2 is 2.19 bits per heavy atom. The van der Waals surface area contributed by atoms with Crippen LogP contribution in [0.4, 0.5) is 0 Å². The average molecular weight is 321 g/mol. The number of benzene rings is 1. The molecule has 0 bridgehead atoms. The third-order valence-electron chi connectivity index (χ3n) is 3.21. The van der Waals surface area contributed by atoms with E-state index in [0.29, 0.717) is 6.04 Å². The van der Waals surface area contributed by atoms with Crippen molar-refractivity contribution in [3.8, 4) is 0 Å². The highest BCUT2D eigenvalue weighted by Gasteiger charge is 2.12. The van der Waals surface area contributed by atoms with Gasteiger partial charge in [-0.1, -0.05) is 24.6 Å². The van der Waals surface area contributed by atoms with E-state index in [0.717, 1.165) is 24.4 Å². The predicted molar refractivity (Wildman–Crippen MR) is 94.5 cm³/mol. The highest BCUT2D eigenvalue weighted by atomic mass is 32.2. The topological polar surface area (TPSA) is 24.9 Å². The van der Waals surface area contributed by atoms with Gasteiger partial charge >= 0.3 is 0 Å². The first-order valence-electron chi connectivity index (χ1n) is 7.51. The predicted octanol–water partition coefficient (Wildman–Crippen LogP) is 4.46. The molecule has 0 aliphatic rings. The Hall–Kier alpha value is -0.840. The molecule has 1 atom stereocenters. The summed E-state index contributed by atoms with van der Waals surface area (Å²) >= 11 is 3.71. The molecule has 0 spiro atoms.